The maximum absolute atomic E-state index is 13.2. The summed E-state index contributed by atoms with van der Waals surface area (Å²) >= 11 is 0. The van der Waals surface area contributed by atoms with Gasteiger partial charge < -0.3 is 4.74 Å². The third-order valence-electron chi connectivity index (χ3n) is 6.13. The first-order chi connectivity index (χ1) is 10.4. The van der Waals surface area contributed by atoms with E-state index in [2.05, 4.69) is 11.7 Å². The molecule has 1 N–H and O–H groups in total. The van der Waals surface area contributed by atoms with Crippen LogP contribution < -0.4 is 0 Å². The van der Waals surface area contributed by atoms with Gasteiger partial charge in [0.1, 0.15) is 0 Å². The predicted molar refractivity (Wildman–Crippen MR) is 77.2 cm³/mol. The summed E-state index contributed by atoms with van der Waals surface area (Å²) in [6, 6.07) is 0. The minimum Gasteiger partial charge on any atom is -0.458 e. The Morgan fingerprint density at radius 3 is 2.57 bits per heavy atom. The molecular formula is C15H22F2O5S. The van der Waals surface area contributed by atoms with Crippen molar-refractivity contribution in [3.05, 3.63) is 0 Å². The minimum absolute atomic E-state index is 0.0168. The monoisotopic (exact) mass is 352 g/mol. The molecule has 3 rings (SSSR count). The van der Waals surface area contributed by atoms with Crippen LogP contribution in [0, 0.1) is 35.0 Å². The van der Waals surface area contributed by atoms with Gasteiger partial charge in [-0.15, -0.1) is 0 Å². The first-order valence-corrected chi connectivity index (χ1v) is 9.39. The second-order valence-electron chi connectivity index (χ2n) is 7.97. The SMILES string of the molecule is CC1CC2(C)CC3CC(C3C2)C1C(=O)OCC(F)(F)S(=O)(=O)O. The Labute approximate surface area is 134 Å². The molecule has 0 aromatic heterocycles. The quantitative estimate of drug-likeness (QED) is 0.621. The van der Waals surface area contributed by atoms with E-state index >= 15 is 0 Å². The molecule has 132 valence electrons. The maximum Gasteiger partial charge on any atom is 0.402 e. The zero-order valence-electron chi connectivity index (χ0n) is 13.2. The lowest BCUT2D eigenvalue weighted by Crippen LogP contribution is -2.45. The van der Waals surface area contributed by atoms with Crippen molar-refractivity contribution >= 4 is 16.1 Å². The molecule has 0 aromatic carbocycles. The van der Waals surface area contributed by atoms with Gasteiger partial charge in [0.25, 0.3) is 0 Å². The van der Waals surface area contributed by atoms with Crippen LogP contribution >= 0.6 is 0 Å². The Hall–Kier alpha value is -0.760. The summed E-state index contributed by atoms with van der Waals surface area (Å²) in [5.41, 5.74) is 0.205. The van der Waals surface area contributed by atoms with Gasteiger partial charge in [-0.05, 0) is 54.8 Å². The number of carbonyl (C=O) groups excluding carboxylic acids is 1. The molecule has 5 nitrogen and oxygen atoms in total. The lowest BCUT2D eigenvalue weighted by Gasteiger charge is -2.46. The van der Waals surface area contributed by atoms with Crippen LogP contribution in [0.15, 0.2) is 0 Å². The van der Waals surface area contributed by atoms with Crippen molar-refractivity contribution in [3.63, 3.8) is 0 Å². The summed E-state index contributed by atoms with van der Waals surface area (Å²) in [5, 5.41) is -4.47. The summed E-state index contributed by atoms with van der Waals surface area (Å²) < 4.78 is 60.7. The predicted octanol–water partition coefficient (Wildman–Crippen LogP) is 2.72. The molecule has 0 spiro atoms. The highest BCUT2D eigenvalue weighted by Gasteiger charge is 2.60. The lowest BCUT2D eigenvalue weighted by molar-refractivity contribution is -0.163. The van der Waals surface area contributed by atoms with E-state index in [-0.39, 0.29) is 17.3 Å². The number of ether oxygens (including phenoxy) is 1. The first-order valence-electron chi connectivity index (χ1n) is 7.95. The Bertz CT molecular complexity index is 619. The molecule has 0 amide bonds. The van der Waals surface area contributed by atoms with E-state index in [0.717, 1.165) is 19.3 Å². The Balaban J connectivity index is 1.70. The van der Waals surface area contributed by atoms with Crippen LogP contribution in [-0.2, 0) is 19.6 Å². The van der Waals surface area contributed by atoms with Gasteiger partial charge in [0, 0.05) is 0 Å². The smallest absolute Gasteiger partial charge is 0.402 e. The fourth-order valence-electron chi connectivity index (χ4n) is 5.33. The van der Waals surface area contributed by atoms with Gasteiger partial charge in [0.2, 0.25) is 0 Å². The zero-order valence-corrected chi connectivity index (χ0v) is 14.0. The van der Waals surface area contributed by atoms with E-state index in [1.807, 2.05) is 6.92 Å². The van der Waals surface area contributed by atoms with Crippen molar-refractivity contribution < 1.29 is 31.3 Å². The number of hydrogen-bond donors (Lipinski definition) is 1. The lowest BCUT2D eigenvalue weighted by atomic mass is 9.58. The number of alkyl halides is 2. The van der Waals surface area contributed by atoms with Crippen LogP contribution in [0.3, 0.4) is 0 Å². The number of rotatable bonds is 4. The van der Waals surface area contributed by atoms with Crippen molar-refractivity contribution in [2.24, 2.45) is 35.0 Å². The fourth-order valence-corrected chi connectivity index (χ4v) is 5.54. The molecule has 0 heterocycles. The molecule has 8 heteroatoms. The molecule has 2 bridgehead atoms. The van der Waals surface area contributed by atoms with Gasteiger partial charge in [-0.1, -0.05) is 13.8 Å². The van der Waals surface area contributed by atoms with Crippen LogP contribution in [-0.4, -0.2) is 30.8 Å². The van der Waals surface area contributed by atoms with Crippen LogP contribution in [0.2, 0.25) is 0 Å². The highest BCUT2D eigenvalue weighted by atomic mass is 32.2. The third kappa shape index (κ3) is 2.77. The topological polar surface area (TPSA) is 80.7 Å². The third-order valence-corrected chi connectivity index (χ3v) is 7.01. The van der Waals surface area contributed by atoms with E-state index in [4.69, 9.17) is 4.55 Å². The van der Waals surface area contributed by atoms with E-state index in [1.54, 1.807) is 0 Å². The largest absolute Gasteiger partial charge is 0.458 e. The van der Waals surface area contributed by atoms with E-state index < -0.39 is 33.9 Å². The average molecular weight is 352 g/mol. The zero-order chi connectivity index (χ0) is 17.2. The Kier molecular flexibility index (Phi) is 3.80. The molecule has 3 fully saturated rings. The highest BCUT2D eigenvalue weighted by molar-refractivity contribution is 7.86. The van der Waals surface area contributed by atoms with Gasteiger partial charge in [0.15, 0.2) is 6.61 Å². The van der Waals surface area contributed by atoms with E-state index in [1.165, 1.54) is 6.42 Å². The molecule has 0 aromatic rings. The maximum atomic E-state index is 13.2. The standard InChI is InChI=1S/C15H22F2O5S/c1-8-4-14(2)5-9-3-10(11(9)6-14)12(8)13(18)22-7-15(16,17)23(19,20)21/h8-12H,3-7H2,1-2H3,(H,19,20,21). The van der Waals surface area contributed by atoms with Crippen molar-refractivity contribution in [2.75, 3.05) is 6.61 Å². The van der Waals surface area contributed by atoms with Crippen molar-refractivity contribution in [3.8, 4) is 0 Å². The second kappa shape index (κ2) is 5.12. The fraction of sp³-hybridized carbons (Fsp3) is 0.933. The molecule has 6 unspecified atom stereocenters. The summed E-state index contributed by atoms with van der Waals surface area (Å²) in [4.78, 5) is 12.3. The molecule has 3 aliphatic rings. The summed E-state index contributed by atoms with van der Waals surface area (Å²) in [5.74, 6) is 0.00179. The van der Waals surface area contributed by atoms with Gasteiger partial charge in [0.05, 0.1) is 5.92 Å². The molecule has 3 saturated carbocycles. The number of carbonyl (C=O) groups is 1. The normalized spacial score (nSPS) is 42.7. The number of halogens is 2. The summed E-state index contributed by atoms with van der Waals surface area (Å²) in [6.07, 6.45) is 4.00. The van der Waals surface area contributed by atoms with Crippen LogP contribution in [0.1, 0.15) is 39.5 Å². The molecule has 3 aliphatic carbocycles. The Morgan fingerprint density at radius 1 is 1.30 bits per heavy atom. The number of esters is 1. The van der Waals surface area contributed by atoms with Crippen molar-refractivity contribution in [1.82, 2.24) is 0 Å². The number of fused-ring (bicyclic) bond motifs is 1. The minimum atomic E-state index is -5.58. The molecule has 0 radical (unpaired) electrons. The van der Waals surface area contributed by atoms with E-state index in [0.29, 0.717) is 11.8 Å². The molecule has 0 saturated heterocycles. The molecule has 23 heavy (non-hydrogen) atoms. The summed E-state index contributed by atoms with van der Waals surface area (Å²) in [7, 11) is -5.58. The highest BCUT2D eigenvalue weighted by Crippen LogP contribution is 2.65. The average Bonchev–Trinajstić information content (AvgIpc) is 2.58. The number of hydrogen-bond acceptors (Lipinski definition) is 4. The van der Waals surface area contributed by atoms with Crippen LogP contribution in [0.5, 0.6) is 0 Å². The van der Waals surface area contributed by atoms with Gasteiger partial charge in [-0.25, -0.2) is 0 Å². The molecule has 0 aliphatic heterocycles. The Morgan fingerprint density at radius 2 is 1.96 bits per heavy atom. The van der Waals surface area contributed by atoms with E-state index in [9.17, 15) is 22.0 Å². The summed E-state index contributed by atoms with van der Waals surface area (Å²) in [6.45, 7) is 2.52. The van der Waals surface area contributed by atoms with Gasteiger partial charge in [-0.3, -0.25) is 9.35 Å². The first kappa shape index (κ1) is 17.1. The van der Waals surface area contributed by atoms with Gasteiger partial charge >= 0.3 is 21.3 Å². The second-order valence-corrected chi connectivity index (χ2v) is 9.52. The molecule has 6 atom stereocenters. The molecular weight excluding hydrogens is 330 g/mol. The van der Waals surface area contributed by atoms with Crippen LogP contribution in [0.4, 0.5) is 8.78 Å². The van der Waals surface area contributed by atoms with Crippen molar-refractivity contribution in [1.29, 1.82) is 0 Å². The van der Waals surface area contributed by atoms with Gasteiger partial charge in [-0.2, -0.15) is 17.2 Å². The van der Waals surface area contributed by atoms with Crippen molar-refractivity contribution in [2.45, 2.75) is 44.8 Å². The van der Waals surface area contributed by atoms with Crippen LogP contribution in [0.25, 0.3) is 0 Å².